The Bertz CT molecular complexity index is 970. The van der Waals surface area contributed by atoms with Crippen LogP contribution in [0.5, 0.6) is 23.0 Å². The van der Waals surface area contributed by atoms with Crippen molar-refractivity contribution >= 4 is 12.2 Å². The van der Waals surface area contributed by atoms with Gasteiger partial charge in [0.15, 0.2) is 5.75 Å². The van der Waals surface area contributed by atoms with Gasteiger partial charge in [0.05, 0.1) is 0 Å². The molecule has 0 spiro atoms. The van der Waals surface area contributed by atoms with Gasteiger partial charge in [-0.15, -0.1) is 21.0 Å². The zero-order valence-electron chi connectivity index (χ0n) is 13.0. The molecule has 0 radical (unpaired) electrons. The van der Waals surface area contributed by atoms with Crippen molar-refractivity contribution in [1.29, 1.82) is 21.0 Å². The van der Waals surface area contributed by atoms with E-state index in [4.69, 9.17) is 40.0 Å². The van der Waals surface area contributed by atoms with Crippen molar-refractivity contribution in [3.8, 4) is 48.0 Å². The first kappa shape index (κ1) is 17.7. The highest BCUT2D eigenvalue weighted by molar-refractivity contribution is 5.74. The molecular formula is C18H8N4O4. The van der Waals surface area contributed by atoms with Crippen molar-refractivity contribution in [3.63, 3.8) is 0 Å². The van der Waals surface area contributed by atoms with Crippen LogP contribution in [0.2, 0.25) is 0 Å². The van der Waals surface area contributed by atoms with Crippen molar-refractivity contribution < 1.29 is 18.9 Å². The van der Waals surface area contributed by atoms with Gasteiger partial charge in [0.2, 0.25) is 0 Å². The molecule has 8 heteroatoms. The Kier molecular flexibility index (Phi) is 6.01. The molecule has 0 fully saturated rings. The second kappa shape index (κ2) is 8.84. The van der Waals surface area contributed by atoms with Crippen LogP contribution in [0.25, 0.3) is 12.2 Å². The van der Waals surface area contributed by atoms with E-state index in [9.17, 15) is 0 Å². The van der Waals surface area contributed by atoms with Crippen molar-refractivity contribution in [3.05, 3.63) is 47.5 Å². The first-order valence-electron chi connectivity index (χ1n) is 6.91. The van der Waals surface area contributed by atoms with Gasteiger partial charge in [-0.05, 0) is 29.8 Å². The lowest BCUT2D eigenvalue weighted by atomic mass is 10.1. The van der Waals surface area contributed by atoms with Crippen molar-refractivity contribution in [2.75, 3.05) is 0 Å². The molecule has 0 bridgehead atoms. The molecule has 0 heterocycles. The molecule has 0 amide bonds. The molecule has 0 saturated carbocycles. The third-order valence-electron chi connectivity index (χ3n) is 2.99. The maximum Gasteiger partial charge on any atom is 0.292 e. The molecule has 26 heavy (non-hydrogen) atoms. The fourth-order valence-corrected chi connectivity index (χ4v) is 2.01. The molecule has 0 saturated heterocycles. The molecule has 124 valence electrons. The van der Waals surface area contributed by atoms with Crippen LogP contribution in [0.15, 0.2) is 36.4 Å². The van der Waals surface area contributed by atoms with Gasteiger partial charge in [-0.2, -0.15) is 0 Å². The summed E-state index contributed by atoms with van der Waals surface area (Å²) in [7, 11) is 0. The Morgan fingerprint density at radius 1 is 0.615 bits per heavy atom. The van der Waals surface area contributed by atoms with Gasteiger partial charge in [0, 0.05) is 17.7 Å². The van der Waals surface area contributed by atoms with Gasteiger partial charge in [0.25, 0.3) is 25.0 Å². The average molecular weight is 344 g/mol. The van der Waals surface area contributed by atoms with E-state index in [2.05, 4.69) is 0 Å². The fraction of sp³-hybridized carbons (Fsp3) is 0. The Balaban J connectivity index is 2.37. The van der Waals surface area contributed by atoms with Gasteiger partial charge in [-0.25, -0.2) is 0 Å². The summed E-state index contributed by atoms with van der Waals surface area (Å²) in [6, 6.07) is 9.03. The normalized spacial score (nSPS) is 9.23. The Hall–Kier alpha value is -4.66. The van der Waals surface area contributed by atoms with Crippen molar-refractivity contribution in [2.45, 2.75) is 0 Å². The third-order valence-corrected chi connectivity index (χ3v) is 2.99. The fourth-order valence-electron chi connectivity index (χ4n) is 2.01. The lowest BCUT2D eigenvalue weighted by molar-refractivity contribution is 0.483. The van der Waals surface area contributed by atoms with Crippen LogP contribution in [0.1, 0.15) is 11.1 Å². The summed E-state index contributed by atoms with van der Waals surface area (Å²) in [5, 5.41) is 34.5. The molecule has 8 nitrogen and oxygen atoms in total. The summed E-state index contributed by atoms with van der Waals surface area (Å²) in [5.41, 5.74) is 1.11. The van der Waals surface area contributed by atoms with Gasteiger partial charge in [0.1, 0.15) is 17.2 Å². The highest BCUT2D eigenvalue weighted by Crippen LogP contribution is 2.28. The average Bonchev–Trinajstić information content (AvgIpc) is 2.62. The molecule has 0 aliphatic carbocycles. The summed E-state index contributed by atoms with van der Waals surface area (Å²) in [6.07, 6.45) is 9.44. The first-order valence-corrected chi connectivity index (χ1v) is 6.91. The summed E-state index contributed by atoms with van der Waals surface area (Å²) in [4.78, 5) is 0. The number of rotatable bonds is 6. The van der Waals surface area contributed by atoms with Gasteiger partial charge >= 0.3 is 0 Å². The zero-order valence-corrected chi connectivity index (χ0v) is 13.0. The second-order valence-electron chi connectivity index (χ2n) is 4.54. The SMILES string of the molecule is N#COc1cc(C=Cc2ccc(OC#N)cc2OC#N)cc(OC#N)c1. The smallest absolute Gasteiger partial charge is 0.292 e. The first-order chi connectivity index (χ1) is 12.7. The van der Waals surface area contributed by atoms with E-state index in [0.717, 1.165) is 0 Å². The molecule has 0 aliphatic rings. The standard InChI is InChI=1S/C18H8N4O4/c19-9-23-15-4-3-14(18(8-15)26-12-22)2-1-13-5-16(24-10-20)7-17(6-13)25-11-21/h1-8H. The van der Waals surface area contributed by atoms with Gasteiger partial charge in [-0.1, -0.05) is 12.2 Å². The van der Waals surface area contributed by atoms with Crippen LogP contribution in [-0.2, 0) is 0 Å². The summed E-state index contributed by atoms with van der Waals surface area (Å²) < 4.78 is 19.1. The number of nitriles is 4. The summed E-state index contributed by atoms with van der Waals surface area (Å²) in [5.74, 6) is 0.816. The lowest BCUT2D eigenvalue weighted by Gasteiger charge is -2.05. The van der Waals surface area contributed by atoms with E-state index >= 15 is 0 Å². The largest absolute Gasteiger partial charge is 0.388 e. The number of ether oxygens (including phenoxy) is 4. The molecule has 2 rings (SSSR count). The molecule has 0 N–H and O–H groups in total. The molecule has 2 aromatic carbocycles. The third kappa shape index (κ3) is 4.67. The van der Waals surface area contributed by atoms with Crippen LogP contribution in [0.4, 0.5) is 0 Å². The number of hydrogen-bond donors (Lipinski definition) is 0. The molecule has 0 atom stereocenters. The summed E-state index contributed by atoms with van der Waals surface area (Å²) >= 11 is 0. The minimum atomic E-state index is 0.189. The second-order valence-corrected chi connectivity index (χ2v) is 4.54. The van der Waals surface area contributed by atoms with Crippen molar-refractivity contribution in [1.82, 2.24) is 0 Å². The molecule has 0 unspecified atom stereocenters. The molecule has 0 aromatic heterocycles. The Morgan fingerprint density at radius 3 is 1.77 bits per heavy atom. The number of nitrogens with zero attached hydrogens (tertiary/aromatic N) is 4. The topological polar surface area (TPSA) is 132 Å². The number of benzene rings is 2. The van der Waals surface area contributed by atoms with Crippen LogP contribution < -0.4 is 18.9 Å². The van der Waals surface area contributed by atoms with E-state index in [1.54, 1.807) is 36.6 Å². The Labute approximate surface area is 148 Å². The predicted molar refractivity (Wildman–Crippen MR) is 86.8 cm³/mol. The monoisotopic (exact) mass is 344 g/mol. The zero-order chi connectivity index (χ0) is 18.8. The van der Waals surface area contributed by atoms with Crippen LogP contribution in [-0.4, -0.2) is 0 Å². The maximum atomic E-state index is 8.74. The maximum absolute atomic E-state index is 8.74. The van der Waals surface area contributed by atoms with E-state index in [0.29, 0.717) is 11.1 Å². The lowest BCUT2D eigenvalue weighted by Crippen LogP contribution is -1.89. The van der Waals surface area contributed by atoms with E-state index in [1.807, 2.05) is 0 Å². The van der Waals surface area contributed by atoms with E-state index in [-0.39, 0.29) is 23.0 Å². The van der Waals surface area contributed by atoms with E-state index in [1.165, 1.54) is 37.0 Å². The van der Waals surface area contributed by atoms with Crippen LogP contribution in [0, 0.1) is 46.1 Å². The Morgan fingerprint density at radius 2 is 1.19 bits per heavy atom. The quantitative estimate of drug-likeness (QED) is 0.576. The van der Waals surface area contributed by atoms with Gasteiger partial charge < -0.3 is 18.9 Å². The van der Waals surface area contributed by atoms with Crippen LogP contribution in [0.3, 0.4) is 0 Å². The van der Waals surface area contributed by atoms with Crippen LogP contribution >= 0.6 is 0 Å². The predicted octanol–water partition coefficient (Wildman–Crippen LogP) is 3.30. The summed E-state index contributed by atoms with van der Waals surface area (Å²) in [6.45, 7) is 0. The molecule has 0 aliphatic heterocycles. The van der Waals surface area contributed by atoms with E-state index < -0.39 is 0 Å². The number of hydrogen-bond acceptors (Lipinski definition) is 8. The molecule has 2 aromatic rings. The van der Waals surface area contributed by atoms with Crippen molar-refractivity contribution in [2.24, 2.45) is 0 Å². The minimum absolute atomic E-state index is 0.189. The highest BCUT2D eigenvalue weighted by atomic mass is 16.5. The minimum Gasteiger partial charge on any atom is -0.388 e. The highest BCUT2D eigenvalue weighted by Gasteiger charge is 2.06. The van der Waals surface area contributed by atoms with Gasteiger partial charge in [-0.3, -0.25) is 0 Å². The molecular weight excluding hydrogens is 336 g/mol.